The molecule has 2 aliphatic heterocycles. The van der Waals surface area contributed by atoms with E-state index in [1.165, 1.54) is 25.7 Å². The minimum Gasteiger partial charge on any atom is -0.508 e. The van der Waals surface area contributed by atoms with Crippen molar-refractivity contribution in [3.8, 4) is 5.75 Å². The molecule has 118 valence electrons. The second kappa shape index (κ2) is 9.61. The van der Waals surface area contributed by atoms with Crippen LogP contribution >= 0.6 is 22.6 Å². The van der Waals surface area contributed by atoms with Crippen LogP contribution in [-0.2, 0) is 14.2 Å². The van der Waals surface area contributed by atoms with Gasteiger partial charge in [-0.1, -0.05) is 0 Å². The van der Waals surface area contributed by atoms with Gasteiger partial charge in [-0.2, -0.15) is 0 Å². The van der Waals surface area contributed by atoms with Gasteiger partial charge in [-0.3, -0.25) is 0 Å². The zero-order valence-corrected chi connectivity index (χ0v) is 14.3. The van der Waals surface area contributed by atoms with Crippen molar-refractivity contribution in [3.05, 3.63) is 27.8 Å². The zero-order valence-electron chi connectivity index (χ0n) is 12.2. The number of ether oxygens (including phenoxy) is 3. The molecule has 2 heterocycles. The molecule has 2 saturated heterocycles. The summed E-state index contributed by atoms with van der Waals surface area (Å²) in [5.74, 6) is 0.324. The van der Waals surface area contributed by atoms with Crippen LogP contribution in [0.2, 0.25) is 0 Å². The maximum absolute atomic E-state index is 8.75. The maximum atomic E-state index is 8.75. The van der Waals surface area contributed by atoms with E-state index >= 15 is 0 Å². The van der Waals surface area contributed by atoms with Crippen molar-refractivity contribution in [1.29, 1.82) is 0 Å². The molecule has 4 nitrogen and oxygen atoms in total. The summed E-state index contributed by atoms with van der Waals surface area (Å²) in [6.45, 7) is 1.69. The van der Waals surface area contributed by atoms with E-state index in [1.54, 1.807) is 12.1 Å². The summed E-state index contributed by atoms with van der Waals surface area (Å²) >= 11 is 2.19. The molecule has 2 fully saturated rings. The molecule has 0 aromatic heterocycles. The summed E-state index contributed by atoms with van der Waals surface area (Å²) in [6.07, 6.45) is 6.83. The Kier molecular flexibility index (Phi) is 7.77. The number of benzene rings is 1. The molecular weight excluding hydrogens is 383 g/mol. The van der Waals surface area contributed by atoms with Gasteiger partial charge >= 0.3 is 0 Å². The number of aromatic hydroxyl groups is 1. The van der Waals surface area contributed by atoms with E-state index in [4.69, 9.17) is 19.3 Å². The standard InChI is InChI=1S/C10H18O3.C6H5IO/c1-3-7-11-9(5-1)13-10-6-2-4-8-12-10;7-5-1-3-6(8)4-2-5/h9-10H,1-8H2;1-4,8H. The third-order valence-corrected chi connectivity index (χ3v) is 4.13. The minimum atomic E-state index is -0.00292. The predicted molar refractivity (Wildman–Crippen MR) is 89.1 cm³/mol. The molecule has 1 aromatic rings. The predicted octanol–water partition coefficient (Wildman–Crippen LogP) is 4.05. The van der Waals surface area contributed by atoms with Gasteiger partial charge in [0.15, 0.2) is 12.6 Å². The summed E-state index contributed by atoms with van der Waals surface area (Å²) < 4.78 is 17.8. The lowest BCUT2D eigenvalue weighted by Gasteiger charge is -2.29. The molecule has 1 N–H and O–H groups in total. The Bertz CT molecular complexity index is 347. The summed E-state index contributed by atoms with van der Waals surface area (Å²) in [5, 5.41) is 8.75. The van der Waals surface area contributed by atoms with E-state index in [2.05, 4.69) is 22.6 Å². The van der Waals surface area contributed by atoms with Crippen LogP contribution in [0.1, 0.15) is 38.5 Å². The molecule has 2 unspecified atom stereocenters. The number of rotatable bonds is 2. The lowest BCUT2D eigenvalue weighted by Crippen LogP contribution is -2.31. The third kappa shape index (κ3) is 6.95. The van der Waals surface area contributed by atoms with Crippen LogP contribution in [0, 0.1) is 3.57 Å². The van der Waals surface area contributed by atoms with Crippen LogP contribution in [0.5, 0.6) is 5.75 Å². The smallest absolute Gasteiger partial charge is 0.160 e. The highest BCUT2D eigenvalue weighted by molar-refractivity contribution is 14.1. The molecule has 0 bridgehead atoms. The van der Waals surface area contributed by atoms with E-state index in [0.29, 0.717) is 5.75 Å². The van der Waals surface area contributed by atoms with Crippen LogP contribution in [0.4, 0.5) is 0 Å². The molecule has 2 aliphatic rings. The van der Waals surface area contributed by atoms with Crippen molar-refractivity contribution >= 4 is 22.6 Å². The number of hydrogen-bond donors (Lipinski definition) is 1. The van der Waals surface area contributed by atoms with E-state index in [9.17, 15) is 0 Å². The Labute approximate surface area is 139 Å². The Balaban J connectivity index is 0.000000173. The first-order valence-corrected chi connectivity index (χ1v) is 8.65. The molecule has 0 aliphatic carbocycles. The lowest BCUT2D eigenvalue weighted by molar-refractivity contribution is -0.264. The van der Waals surface area contributed by atoms with Gasteiger partial charge in [0.1, 0.15) is 5.75 Å². The topological polar surface area (TPSA) is 47.9 Å². The summed E-state index contributed by atoms with van der Waals surface area (Å²) in [7, 11) is 0. The zero-order chi connectivity index (χ0) is 14.9. The van der Waals surface area contributed by atoms with Crippen molar-refractivity contribution in [2.24, 2.45) is 0 Å². The van der Waals surface area contributed by atoms with E-state index in [0.717, 1.165) is 29.6 Å². The van der Waals surface area contributed by atoms with E-state index in [-0.39, 0.29) is 12.6 Å². The van der Waals surface area contributed by atoms with Crippen LogP contribution < -0.4 is 0 Å². The SMILES string of the molecule is C1CCC(OC2CCCCO2)OC1.Oc1ccc(I)cc1. The van der Waals surface area contributed by atoms with Crippen LogP contribution in [0.3, 0.4) is 0 Å². The first kappa shape index (κ1) is 17.0. The Hall–Kier alpha value is -0.370. The second-order valence-corrected chi connectivity index (χ2v) is 6.45. The van der Waals surface area contributed by atoms with Crippen molar-refractivity contribution < 1.29 is 19.3 Å². The number of phenolic OH excluding ortho intramolecular Hbond substituents is 1. The van der Waals surface area contributed by atoms with Crippen molar-refractivity contribution in [2.75, 3.05) is 13.2 Å². The van der Waals surface area contributed by atoms with E-state index in [1.807, 2.05) is 12.1 Å². The Morgan fingerprint density at radius 3 is 1.81 bits per heavy atom. The number of halogens is 1. The highest BCUT2D eigenvalue weighted by Crippen LogP contribution is 2.20. The molecule has 5 heteroatoms. The van der Waals surface area contributed by atoms with Crippen molar-refractivity contribution in [3.63, 3.8) is 0 Å². The molecule has 21 heavy (non-hydrogen) atoms. The van der Waals surface area contributed by atoms with Crippen molar-refractivity contribution in [2.45, 2.75) is 51.1 Å². The normalized spacial score (nSPS) is 25.8. The molecule has 0 saturated carbocycles. The monoisotopic (exact) mass is 406 g/mol. The molecule has 0 radical (unpaired) electrons. The first-order chi connectivity index (χ1) is 10.2. The summed E-state index contributed by atoms with van der Waals surface area (Å²) in [6, 6.07) is 7.05. The van der Waals surface area contributed by atoms with Crippen LogP contribution in [0.15, 0.2) is 24.3 Å². The fraction of sp³-hybridized carbons (Fsp3) is 0.625. The average molecular weight is 406 g/mol. The highest BCUT2D eigenvalue weighted by atomic mass is 127. The summed E-state index contributed by atoms with van der Waals surface area (Å²) in [4.78, 5) is 0. The molecule has 0 spiro atoms. The van der Waals surface area contributed by atoms with Crippen molar-refractivity contribution in [1.82, 2.24) is 0 Å². The number of hydrogen-bond acceptors (Lipinski definition) is 4. The molecular formula is C16H23IO4. The molecule has 3 rings (SSSR count). The fourth-order valence-corrected chi connectivity index (χ4v) is 2.61. The van der Waals surface area contributed by atoms with Gasteiger partial charge in [0.2, 0.25) is 0 Å². The average Bonchev–Trinajstić information content (AvgIpc) is 2.53. The van der Waals surface area contributed by atoms with E-state index < -0.39 is 0 Å². The highest BCUT2D eigenvalue weighted by Gasteiger charge is 2.21. The van der Waals surface area contributed by atoms with Gasteiger partial charge in [0, 0.05) is 16.8 Å². The number of phenols is 1. The maximum Gasteiger partial charge on any atom is 0.160 e. The molecule has 2 atom stereocenters. The third-order valence-electron chi connectivity index (χ3n) is 3.41. The molecule has 0 amide bonds. The van der Waals surface area contributed by atoms with Gasteiger partial charge < -0.3 is 19.3 Å². The Morgan fingerprint density at radius 2 is 1.43 bits per heavy atom. The van der Waals surface area contributed by atoms with Gasteiger partial charge in [-0.15, -0.1) is 0 Å². The van der Waals surface area contributed by atoms with Gasteiger partial charge in [-0.25, -0.2) is 0 Å². The second-order valence-electron chi connectivity index (χ2n) is 5.20. The van der Waals surface area contributed by atoms with Gasteiger partial charge in [0.05, 0.1) is 0 Å². The van der Waals surface area contributed by atoms with Crippen LogP contribution in [-0.4, -0.2) is 30.9 Å². The van der Waals surface area contributed by atoms with Crippen LogP contribution in [0.25, 0.3) is 0 Å². The van der Waals surface area contributed by atoms with Gasteiger partial charge in [-0.05, 0) is 85.4 Å². The largest absolute Gasteiger partial charge is 0.508 e. The van der Waals surface area contributed by atoms with Gasteiger partial charge in [0.25, 0.3) is 0 Å². The fourth-order valence-electron chi connectivity index (χ4n) is 2.25. The quantitative estimate of drug-likeness (QED) is 0.753. The first-order valence-electron chi connectivity index (χ1n) is 7.57. The lowest BCUT2D eigenvalue weighted by atomic mass is 10.2. The Morgan fingerprint density at radius 1 is 0.905 bits per heavy atom. The minimum absolute atomic E-state index is 0.00292. The molecule has 1 aromatic carbocycles. The summed E-state index contributed by atoms with van der Waals surface area (Å²) in [5.41, 5.74) is 0.